The zero-order valence-electron chi connectivity index (χ0n) is 28.3. The highest BCUT2D eigenvalue weighted by atomic mass is 32.2. The Morgan fingerprint density at radius 3 is 2.04 bits per heavy atom. The van der Waals surface area contributed by atoms with Gasteiger partial charge in [0.05, 0.1) is 23.0 Å². The zero-order valence-corrected chi connectivity index (χ0v) is 29.1. The number of nitro groups is 1. The molecule has 3 N–H and O–H groups in total. The molecule has 0 bridgehead atoms. The quantitative estimate of drug-likeness (QED) is 0.150. The number of non-ortho nitro benzene ring substituents is 1. The van der Waals surface area contributed by atoms with E-state index in [0.29, 0.717) is 26.1 Å². The Morgan fingerprint density at radius 2 is 1.51 bits per heavy atom. The van der Waals surface area contributed by atoms with Gasteiger partial charge in [-0.05, 0) is 42.6 Å². The van der Waals surface area contributed by atoms with Gasteiger partial charge in [-0.3, -0.25) is 19.8 Å². The summed E-state index contributed by atoms with van der Waals surface area (Å²) in [5.41, 5.74) is 1.51. The normalized spacial score (nSPS) is 17.0. The van der Waals surface area contributed by atoms with Gasteiger partial charge in [-0.1, -0.05) is 74.5 Å². The van der Waals surface area contributed by atoms with Crippen molar-refractivity contribution in [1.29, 1.82) is 0 Å². The molecular formula is C35H46N6O7S. The van der Waals surface area contributed by atoms with Crippen molar-refractivity contribution in [3.63, 3.8) is 0 Å². The van der Waals surface area contributed by atoms with Crippen LogP contribution in [-0.2, 0) is 19.6 Å². The number of ether oxygens (including phenoxy) is 1. The third-order valence-corrected chi connectivity index (χ3v) is 10.8. The van der Waals surface area contributed by atoms with E-state index in [1.165, 1.54) is 35.7 Å². The molecule has 264 valence electrons. The Morgan fingerprint density at radius 1 is 0.939 bits per heavy atom. The minimum atomic E-state index is -3.99. The van der Waals surface area contributed by atoms with Crippen molar-refractivity contribution in [2.24, 2.45) is 5.92 Å². The van der Waals surface area contributed by atoms with Crippen LogP contribution in [0.2, 0.25) is 0 Å². The molecule has 1 aliphatic heterocycles. The van der Waals surface area contributed by atoms with Crippen LogP contribution in [0.5, 0.6) is 0 Å². The predicted octanol–water partition coefficient (Wildman–Crippen LogP) is 3.58. The molecule has 3 aromatic carbocycles. The molecule has 1 aliphatic rings. The number of hydrogen-bond acceptors (Lipinski definition) is 9. The largest absolute Gasteiger partial charge is 0.453 e. The molecule has 0 saturated carbocycles. The van der Waals surface area contributed by atoms with Gasteiger partial charge >= 0.3 is 6.09 Å². The fourth-order valence-corrected chi connectivity index (χ4v) is 7.80. The van der Waals surface area contributed by atoms with Gasteiger partial charge in [-0.2, -0.15) is 4.31 Å². The third kappa shape index (κ3) is 9.63. The number of nitrogens with one attached hydrogen (secondary N) is 3. The summed E-state index contributed by atoms with van der Waals surface area (Å²) in [6.45, 7) is 5.92. The molecule has 0 aliphatic carbocycles. The number of sulfonamides is 1. The van der Waals surface area contributed by atoms with Gasteiger partial charge in [0.2, 0.25) is 15.9 Å². The summed E-state index contributed by atoms with van der Waals surface area (Å²) < 4.78 is 34.3. The van der Waals surface area contributed by atoms with Gasteiger partial charge < -0.3 is 20.7 Å². The standard InChI is InChI=1S/C35H46N6O7S/c1-25(2)19-21-40(49(46,47)29-17-15-28(16-18-29)41(44)45)31-24-36-23-30(31)39(3)22-20-37-34(42)33(38-35(43)48-4)32(26-11-7-5-8-12-26)27-13-9-6-10-14-27/h5-18,25,30-33,36H,19-24H2,1-4H3,(H,37,42)(H,38,43)/t30-,31-,33?/m1/s1. The molecule has 49 heavy (non-hydrogen) atoms. The molecular weight excluding hydrogens is 648 g/mol. The van der Waals surface area contributed by atoms with Crippen LogP contribution in [0.3, 0.4) is 0 Å². The van der Waals surface area contributed by atoms with E-state index in [1.807, 2.05) is 86.5 Å². The van der Waals surface area contributed by atoms with Crippen molar-refractivity contribution in [3.8, 4) is 0 Å². The number of methoxy groups -OCH3 is 1. The van der Waals surface area contributed by atoms with Crippen molar-refractivity contribution >= 4 is 27.7 Å². The Kier molecular flexibility index (Phi) is 13.2. The van der Waals surface area contributed by atoms with E-state index in [-0.39, 0.29) is 35.6 Å². The highest BCUT2D eigenvalue weighted by molar-refractivity contribution is 7.89. The van der Waals surface area contributed by atoms with E-state index in [4.69, 9.17) is 4.74 Å². The first-order valence-electron chi connectivity index (χ1n) is 16.3. The summed E-state index contributed by atoms with van der Waals surface area (Å²) in [5, 5.41) is 20.2. The van der Waals surface area contributed by atoms with E-state index < -0.39 is 44.9 Å². The number of carbonyl (C=O) groups is 2. The monoisotopic (exact) mass is 694 g/mol. The summed E-state index contributed by atoms with van der Waals surface area (Å²) >= 11 is 0. The maximum Gasteiger partial charge on any atom is 0.407 e. The minimum Gasteiger partial charge on any atom is -0.453 e. The second kappa shape index (κ2) is 17.3. The second-order valence-corrected chi connectivity index (χ2v) is 14.4. The molecule has 0 aromatic heterocycles. The van der Waals surface area contributed by atoms with Crippen molar-refractivity contribution in [2.45, 2.75) is 49.2 Å². The molecule has 1 unspecified atom stereocenters. The lowest BCUT2D eigenvalue weighted by Crippen LogP contribution is -2.54. The molecule has 1 saturated heterocycles. The van der Waals surface area contributed by atoms with Gasteiger partial charge in [0, 0.05) is 56.8 Å². The van der Waals surface area contributed by atoms with Crippen LogP contribution in [0.15, 0.2) is 89.8 Å². The summed E-state index contributed by atoms with van der Waals surface area (Å²) in [6, 6.07) is 22.3. The lowest BCUT2D eigenvalue weighted by atomic mass is 9.84. The SMILES string of the molecule is COC(=O)NC(C(=O)NCCN(C)[C@@H]1CNC[C@H]1N(CCC(C)C)S(=O)(=O)c1ccc([N+](=O)[O-])cc1)C(c1ccccc1)c1ccccc1. The zero-order chi connectivity index (χ0) is 35.6. The van der Waals surface area contributed by atoms with Crippen molar-refractivity contribution in [2.75, 3.05) is 46.9 Å². The Bertz CT molecular complexity index is 1600. The third-order valence-electron chi connectivity index (χ3n) is 8.82. The number of nitro benzene ring substituents is 1. The van der Waals surface area contributed by atoms with Gasteiger partial charge in [0.1, 0.15) is 6.04 Å². The molecule has 14 heteroatoms. The number of alkyl carbamates (subject to hydrolysis) is 1. The van der Waals surface area contributed by atoms with Crippen LogP contribution in [-0.4, -0.2) is 99.6 Å². The predicted molar refractivity (Wildman–Crippen MR) is 187 cm³/mol. The van der Waals surface area contributed by atoms with Gasteiger partial charge in [0.15, 0.2) is 0 Å². The molecule has 0 spiro atoms. The van der Waals surface area contributed by atoms with Crippen molar-refractivity contribution in [1.82, 2.24) is 25.2 Å². The van der Waals surface area contributed by atoms with Crippen molar-refractivity contribution < 1.29 is 27.7 Å². The molecule has 1 heterocycles. The maximum absolute atomic E-state index is 14.0. The van der Waals surface area contributed by atoms with E-state index in [1.54, 1.807) is 0 Å². The molecule has 4 rings (SSSR count). The van der Waals surface area contributed by atoms with E-state index in [9.17, 15) is 28.1 Å². The van der Waals surface area contributed by atoms with Crippen molar-refractivity contribution in [3.05, 3.63) is 106 Å². The Hall–Kier alpha value is -4.37. The topological polar surface area (TPSA) is 163 Å². The van der Waals surface area contributed by atoms with E-state index >= 15 is 0 Å². The first-order valence-corrected chi connectivity index (χ1v) is 17.8. The van der Waals surface area contributed by atoms with Gasteiger partial charge in [-0.15, -0.1) is 0 Å². The smallest absolute Gasteiger partial charge is 0.407 e. The fraction of sp³-hybridized carbons (Fsp3) is 0.429. The fourth-order valence-electron chi connectivity index (χ4n) is 6.13. The lowest BCUT2D eigenvalue weighted by molar-refractivity contribution is -0.384. The lowest BCUT2D eigenvalue weighted by Gasteiger charge is -2.36. The number of amides is 2. The minimum absolute atomic E-state index is 0.00189. The van der Waals surface area contributed by atoms with Gasteiger partial charge in [-0.25, -0.2) is 13.2 Å². The molecule has 3 aromatic rings. The van der Waals surface area contributed by atoms with Crippen LogP contribution in [0.4, 0.5) is 10.5 Å². The first-order chi connectivity index (χ1) is 23.4. The molecule has 0 radical (unpaired) electrons. The van der Waals surface area contributed by atoms with Gasteiger partial charge in [0.25, 0.3) is 5.69 Å². The first kappa shape index (κ1) is 37.4. The molecule has 13 nitrogen and oxygen atoms in total. The Labute approximate surface area is 288 Å². The van der Waals surface area contributed by atoms with E-state index in [2.05, 4.69) is 16.0 Å². The summed E-state index contributed by atoms with van der Waals surface area (Å²) in [7, 11) is -0.855. The highest BCUT2D eigenvalue weighted by Crippen LogP contribution is 2.29. The summed E-state index contributed by atoms with van der Waals surface area (Å²) in [4.78, 5) is 38.9. The number of likely N-dealkylation sites (N-methyl/N-ethyl adjacent to an activating group) is 1. The highest BCUT2D eigenvalue weighted by Gasteiger charge is 2.41. The number of carbonyl (C=O) groups excluding carboxylic acids is 2. The number of rotatable bonds is 16. The average molecular weight is 695 g/mol. The van der Waals surface area contributed by atoms with Crippen LogP contribution < -0.4 is 16.0 Å². The van der Waals surface area contributed by atoms with Crippen LogP contribution in [0.1, 0.15) is 37.3 Å². The van der Waals surface area contributed by atoms with Crippen LogP contribution in [0, 0.1) is 16.0 Å². The summed E-state index contributed by atoms with van der Waals surface area (Å²) in [6.07, 6.45) is -0.0990. The molecule has 2 amide bonds. The molecule has 1 fully saturated rings. The summed E-state index contributed by atoms with van der Waals surface area (Å²) in [5.74, 6) is -0.642. The Balaban J connectivity index is 1.51. The molecule has 3 atom stereocenters. The average Bonchev–Trinajstić information content (AvgIpc) is 3.58. The number of benzene rings is 3. The van der Waals surface area contributed by atoms with Crippen LogP contribution in [0.25, 0.3) is 0 Å². The second-order valence-electron chi connectivity index (χ2n) is 12.5. The van der Waals surface area contributed by atoms with Crippen LogP contribution >= 0.6 is 0 Å². The van der Waals surface area contributed by atoms with E-state index in [0.717, 1.165) is 11.1 Å². The number of hydrogen-bond donors (Lipinski definition) is 3. The number of nitrogens with zero attached hydrogens (tertiary/aromatic N) is 3. The maximum atomic E-state index is 14.0.